The van der Waals surface area contributed by atoms with E-state index in [0.29, 0.717) is 17.5 Å². The minimum absolute atomic E-state index is 0.0542. The van der Waals surface area contributed by atoms with Crippen LogP contribution in [0.15, 0.2) is 59.7 Å². The lowest BCUT2D eigenvalue weighted by Gasteiger charge is -2.29. The van der Waals surface area contributed by atoms with Gasteiger partial charge in [0, 0.05) is 43.0 Å². The summed E-state index contributed by atoms with van der Waals surface area (Å²) in [7, 11) is 0. The molecule has 0 radical (unpaired) electrons. The number of aliphatic hydroxyl groups is 1. The van der Waals surface area contributed by atoms with E-state index < -0.39 is 90.2 Å². The molecule has 21 heteroatoms. The van der Waals surface area contributed by atoms with Crippen LogP contribution in [0.5, 0.6) is 5.75 Å². The summed E-state index contributed by atoms with van der Waals surface area (Å²) in [5.41, 5.74) is 24.3. The van der Waals surface area contributed by atoms with Gasteiger partial charge in [0.2, 0.25) is 35.4 Å². The number of nitrogens with one attached hydrogen (secondary N) is 5. The molecular formula is C40H55N11O10. The summed E-state index contributed by atoms with van der Waals surface area (Å²) in [4.78, 5) is 101. The number of para-hydroxylation sites is 1. The maximum absolute atomic E-state index is 14.2. The number of rotatable bonds is 22. The molecule has 7 atom stereocenters. The van der Waals surface area contributed by atoms with Gasteiger partial charge < -0.3 is 69.4 Å². The Labute approximate surface area is 351 Å². The molecule has 21 nitrogen and oxygen atoms in total. The van der Waals surface area contributed by atoms with E-state index in [2.05, 4.69) is 31.2 Å². The van der Waals surface area contributed by atoms with E-state index in [9.17, 15) is 48.9 Å². The molecule has 1 aromatic heterocycles. The number of carboxylic acids is 1. The molecule has 0 saturated carbocycles. The highest BCUT2D eigenvalue weighted by atomic mass is 16.4. The van der Waals surface area contributed by atoms with Gasteiger partial charge in [-0.1, -0.05) is 30.3 Å². The number of hydrogen-bond donors (Lipinski definition) is 12. The van der Waals surface area contributed by atoms with Crippen molar-refractivity contribution in [3.8, 4) is 5.75 Å². The summed E-state index contributed by atoms with van der Waals surface area (Å²) >= 11 is 0. The van der Waals surface area contributed by atoms with Crippen LogP contribution in [0.4, 0.5) is 0 Å². The Balaban J connectivity index is 1.53. The standard InChI is InChI=1S/C40H55N11O10/c1-21(52)33(37(58)47-28(14-15-32(42)54)34(55)48-29(39(60)61)8-4-16-45-40(43)44)50-35(56)30(19-23-20-46-27-7-3-2-6-25(23)27)49-36(57)31-9-5-17-51(31)38(59)26(41)18-22-10-12-24(53)13-11-22/h2-3,6-7,10-13,20-21,26,28-31,33,46,52-53H,4-5,8-9,14-19,41H2,1H3,(H2,42,54)(H,47,58)(H,48,55)(H,49,57)(H,50,56)(H,60,61)(H4,43,44,45). The summed E-state index contributed by atoms with van der Waals surface area (Å²) in [6, 6.07) is 5.40. The van der Waals surface area contributed by atoms with Crippen molar-refractivity contribution in [2.75, 3.05) is 13.1 Å². The number of guanidine groups is 1. The lowest BCUT2D eigenvalue weighted by atomic mass is 10.0. The molecule has 2 heterocycles. The van der Waals surface area contributed by atoms with Gasteiger partial charge in [-0.05, 0) is 74.8 Å². The number of nitrogens with two attached hydrogens (primary N) is 4. The van der Waals surface area contributed by atoms with Gasteiger partial charge in [-0.3, -0.25) is 33.8 Å². The predicted molar refractivity (Wildman–Crippen MR) is 222 cm³/mol. The average Bonchev–Trinajstić information content (AvgIpc) is 3.87. The molecule has 0 bridgehead atoms. The van der Waals surface area contributed by atoms with Gasteiger partial charge in [-0.15, -0.1) is 0 Å². The number of carbonyl (C=O) groups is 7. The lowest BCUT2D eigenvalue weighted by Crippen LogP contribution is -2.61. The van der Waals surface area contributed by atoms with Gasteiger partial charge in [-0.2, -0.15) is 0 Å². The molecule has 330 valence electrons. The van der Waals surface area contributed by atoms with Crippen LogP contribution < -0.4 is 44.2 Å². The van der Waals surface area contributed by atoms with E-state index >= 15 is 0 Å². The van der Waals surface area contributed by atoms with E-state index in [0.717, 1.165) is 10.9 Å². The molecule has 0 aliphatic carbocycles. The van der Waals surface area contributed by atoms with E-state index in [4.69, 9.17) is 22.9 Å². The lowest BCUT2D eigenvalue weighted by molar-refractivity contribution is -0.143. The van der Waals surface area contributed by atoms with Gasteiger partial charge in [0.15, 0.2) is 5.96 Å². The first kappa shape index (κ1) is 46.9. The number of amides is 6. The summed E-state index contributed by atoms with van der Waals surface area (Å²) in [5, 5.41) is 40.8. The molecule has 1 aliphatic heterocycles. The molecule has 6 amide bonds. The third-order valence-electron chi connectivity index (χ3n) is 10.2. The first-order chi connectivity index (χ1) is 28.9. The fourth-order valence-electron chi connectivity index (χ4n) is 7.00. The second-order valence-corrected chi connectivity index (χ2v) is 14.9. The number of aromatic hydroxyl groups is 1. The highest BCUT2D eigenvalue weighted by molar-refractivity contribution is 5.97. The van der Waals surface area contributed by atoms with E-state index in [-0.39, 0.29) is 63.3 Å². The molecule has 1 fully saturated rings. The van der Waals surface area contributed by atoms with Crippen molar-refractivity contribution in [2.45, 2.75) is 101 Å². The number of nitrogens with zero attached hydrogens (tertiary/aromatic N) is 2. The van der Waals surface area contributed by atoms with Crippen LogP contribution in [-0.4, -0.2) is 128 Å². The van der Waals surface area contributed by atoms with Gasteiger partial charge in [0.1, 0.15) is 36.0 Å². The van der Waals surface area contributed by atoms with Crippen molar-refractivity contribution >= 4 is 58.3 Å². The number of aliphatic imine (C=N–C) groups is 1. The SMILES string of the molecule is CC(O)C(NC(=O)C(Cc1c[nH]c2ccccc12)NC(=O)C1CCCN1C(=O)C(N)Cc1ccc(O)cc1)C(=O)NC(CCC(N)=O)C(=O)NC(CCCN=C(N)N)C(=O)O. The van der Waals surface area contributed by atoms with Gasteiger partial charge in [0.05, 0.1) is 12.1 Å². The number of aromatic amines is 1. The molecule has 4 rings (SSSR count). The van der Waals surface area contributed by atoms with E-state index in [1.807, 2.05) is 18.2 Å². The number of hydrogen-bond acceptors (Lipinski definition) is 11. The molecule has 2 aromatic carbocycles. The second kappa shape index (κ2) is 22.0. The number of fused-ring (bicyclic) bond motifs is 1. The number of phenolic OH excluding ortho intramolecular Hbond substituents is 1. The molecule has 61 heavy (non-hydrogen) atoms. The maximum Gasteiger partial charge on any atom is 0.326 e. The van der Waals surface area contributed by atoms with Crippen molar-refractivity contribution < 1.29 is 48.9 Å². The maximum atomic E-state index is 14.2. The minimum Gasteiger partial charge on any atom is -0.508 e. The first-order valence-corrected chi connectivity index (χ1v) is 19.8. The van der Waals surface area contributed by atoms with Crippen molar-refractivity contribution in [2.24, 2.45) is 27.9 Å². The fourth-order valence-corrected chi connectivity index (χ4v) is 7.00. The quantitative estimate of drug-likeness (QED) is 0.0288. The third kappa shape index (κ3) is 13.6. The van der Waals surface area contributed by atoms with Crippen LogP contribution in [0.2, 0.25) is 0 Å². The number of likely N-dealkylation sites (tertiary alicyclic amines) is 1. The zero-order valence-electron chi connectivity index (χ0n) is 33.7. The average molecular weight is 850 g/mol. The molecule has 0 spiro atoms. The van der Waals surface area contributed by atoms with Crippen LogP contribution in [0, 0.1) is 0 Å². The molecule has 16 N–H and O–H groups in total. The normalized spacial score (nSPS) is 16.6. The number of aliphatic hydroxyl groups excluding tert-OH is 1. The number of phenols is 1. The van der Waals surface area contributed by atoms with Crippen molar-refractivity contribution in [1.82, 2.24) is 31.2 Å². The molecule has 1 aliphatic rings. The van der Waals surface area contributed by atoms with Crippen LogP contribution in [-0.2, 0) is 46.4 Å². The van der Waals surface area contributed by atoms with Crippen LogP contribution in [0.25, 0.3) is 10.9 Å². The topological polar surface area (TPSA) is 364 Å². The number of carbonyl (C=O) groups excluding carboxylic acids is 6. The minimum atomic E-state index is -1.73. The van der Waals surface area contributed by atoms with Crippen molar-refractivity contribution in [3.05, 3.63) is 65.9 Å². The second-order valence-electron chi connectivity index (χ2n) is 14.9. The Bertz CT molecular complexity index is 2070. The molecule has 7 unspecified atom stereocenters. The Kier molecular flexibility index (Phi) is 17.0. The monoisotopic (exact) mass is 849 g/mol. The highest BCUT2D eigenvalue weighted by Gasteiger charge is 2.39. The zero-order chi connectivity index (χ0) is 44.8. The summed E-state index contributed by atoms with van der Waals surface area (Å²) in [6.07, 6.45) is 0.213. The van der Waals surface area contributed by atoms with Crippen LogP contribution >= 0.6 is 0 Å². The number of carboxylic acid groups (broad SMARTS) is 1. The number of aliphatic carboxylic acids is 1. The van der Waals surface area contributed by atoms with Crippen molar-refractivity contribution in [3.63, 3.8) is 0 Å². The first-order valence-electron chi connectivity index (χ1n) is 19.8. The summed E-state index contributed by atoms with van der Waals surface area (Å²) in [6.45, 7) is 1.52. The predicted octanol–water partition coefficient (Wildman–Crippen LogP) is -2.30. The highest BCUT2D eigenvalue weighted by Crippen LogP contribution is 2.22. The van der Waals surface area contributed by atoms with E-state index in [1.165, 1.54) is 24.0 Å². The van der Waals surface area contributed by atoms with Gasteiger partial charge >= 0.3 is 5.97 Å². The largest absolute Gasteiger partial charge is 0.508 e. The summed E-state index contributed by atoms with van der Waals surface area (Å²) < 4.78 is 0. The Morgan fingerprint density at radius 2 is 1.54 bits per heavy atom. The Morgan fingerprint density at radius 3 is 2.20 bits per heavy atom. The summed E-state index contributed by atoms with van der Waals surface area (Å²) in [5.74, 6) is -6.45. The zero-order valence-corrected chi connectivity index (χ0v) is 33.7. The van der Waals surface area contributed by atoms with Gasteiger partial charge in [0.25, 0.3) is 0 Å². The molecule has 3 aromatic rings. The Morgan fingerprint density at radius 1 is 0.869 bits per heavy atom. The molecule has 1 saturated heterocycles. The third-order valence-corrected chi connectivity index (χ3v) is 10.2. The number of primary amides is 1. The number of H-pyrrole nitrogens is 1. The van der Waals surface area contributed by atoms with Crippen LogP contribution in [0.1, 0.15) is 56.6 Å². The smallest absolute Gasteiger partial charge is 0.326 e. The van der Waals surface area contributed by atoms with Crippen LogP contribution in [0.3, 0.4) is 0 Å². The number of benzene rings is 2. The fraction of sp³-hybridized carbons (Fsp3) is 0.450. The van der Waals surface area contributed by atoms with Gasteiger partial charge in [-0.25, -0.2) is 4.79 Å². The van der Waals surface area contributed by atoms with E-state index in [1.54, 1.807) is 24.4 Å². The Hall–Kier alpha value is -6.74. The number of aromatic nitrogens is 1. The molecular weight excluding hydrogens is 795 g/mol. The van der Waals surface area contributed by atoms with Crippen molar-refractivity contribution in [1.29, 1.82) is 0 Å².